The lowest BCUT2D eigenvalue weighted by molar-refractivity contribution is 1.56. The maximum atomic E-state index is 4.12. The van der Waals surface area contributed by atoms with E-state index in [1.807, 2.05) is 25.2 Å². The lowest BCUT2D eigenvalue weighted by Gasteiger charge is -1.98. The Morgan fingerprint density at radius 1 is 0.933 bits per heavy atom. The molecule has 15 heavy (non-hydrogen) atoms. The Morgan fingerprint density at radius 3 is 1.87 bits per heavy atom. The summed E-state index contributed by atoms with van der Waals surface area (Å²) in [7, 11) is 0. The molecule has 0 aliphatic heterocycles. The van der Waals surface area contributed by atoms with Gasteiger partial charge in [-0.3, -0.25) is 9.98 Å². The van der Waals surface area contributed by atoms with E-state index in [4.69, 9.17) is 0 Å². The van der Waals surface area contributed by atoms with E-state index < -0.39 is 0 Å². The fourth-order valence-electron chi connectivity index (χ4n) is 0.903. The Hall–Kier alpha value is -1.96. The van der Waals surface area contributed by atoms with E-state index in [1.165, 1.54) is 12.4 Å². The SMILES string of the molecule is C=C/C=C\C(=NC=C)C(/C=C\C)=NC=C. The molecular weight excluding hydrogens is 184 g/mol. The summed E-state index contributed by atoms with van der Waals surface area (Å²) in [5.74, 6) is 0. The fraction of sp³-hybridized carbons (Fsp3) is 0.0769. The van der Waals surface area contributed by atoms with Gasteiger partial charge in [-0.05, 0) is 19.1 Å². The van der Waals surface area contributed by atoms with Crippen molar-refractivity contribution in [3.63, 3.8) is 0 Å². The lowest BCUT2D eigenvalue weighted by Crippen LogP contribution is -2.07. The molecule has 0 amide bonds. The maximum Gasteiger partial charge on any atom is 0.0885 e. The summed E-state index contributed by atoms with van der Waals surface area (Å²) < 4.78 is 0. The highest BCUT2D eigenvalue weighted by molar-refractivity contribution is 6.50. The molecule has 0 aliphatic rings. The van der Waals surface area contributed by atoms with E-state index >= 15 is 0 Å². The van der Waals surface area contributed by atoms with Gasteiger partial charge in [0.15, 0.2) is 0 Å². The van der Waals surface area contributed by atoms with Gasteiger partial charge in [0, 0.05) is 12.4 Å². The third-order valence-electron chi connectivity index (χ3n) is 1.44. The summed E-state index contributed by atoms with van der Waals surface area (Å²) >= 11 is 0. The molecular formula is C13H16N2. The molecule has 78 valence electrons. The van der Waals surface area contributed by atoms with E-state index in [0.29, 0.717) is 0 Å². The second kappa shape index (κ2) is 8.63. The van der Waals surface area contributed by atoms with Crippen LogP contribution in [0.5, 0.6) is 0 Å². The predicted octanol–water partition coefficient (Wildman–Crippen LogP) is 3.47. The maximum absolute atomic E-state index is 4.12. The van der Waals surface area contributed by atoms with Gasteiger partial charge in [-0.2, -0.15) is 0 Å². The van der Waals surface area contributed by atoms with Gasteiger partial charge in [0.05, 0.1) is 11.4 Å². The van der Waals surface area contributed by atoms with Crippen molar-refractivity contribution in [2.24, 2.45) is 9.98 Å². The van der Waals surface area contributed by atoms with Gasteiger partial charge in [-0.25, -0.2) is 0 Å². The number of rotatable bonds is 6. The number of nitrogens with zero attached hydrogens (tertiary/aromatic N) is 2. The molecule has 0 atom stereocenters. The largest absolute Gasteiger partial charge is 0.255 e. The summed E-state index contributed by atoms with van der Waals surface area (Å²) in [5, 5.41) is 0. The van der Waals surface area contributed by atoms with Crippen molar-refractivity contribution in [1.82, 2.24) is 0 Å². The van der Waals surface area contributed by atoms with Crippen LogP contribution in [0.25, 0.3) is 0 Å². The van der Waals surface area contributed by atoms with Crippen LogP contribution in [0.15, 0.2) is 72.5 Å². The number of aliphatic imine (C=N–C) groups is 2. The first-order valence-corrected chi connectivity index (χ1v) is 4.59. The standard InChI is InChI=1S/C13H16N2/c1-5-9-11-13(15-8-4)12(10-6-2)14-7-3/h5-11H,1,3-4H2,2H3/b10-6-,11-9-,14-12?,15-13?. The van der Waals surface area contributed by atoms with Crippen LogP contribution in [0.1, 0.15) is 6.92 Å². The first-order valence-electron chi connectivity index (χ1n) is 4.59. The summed E-state index contributed by atoms with van der Waals surface area (Å²) in [6, 6.07) is 0. The van der Waals surface area contributed by atoms with Crippen LogP contribution in [0.4, 0.5) is 0 Å². The van der Waals surface area contributed by atoms with Gasteiger partial charge in [-0.15, -0.1) is 0 Å². The molecule has 2 nitrogen and oxygen atoms in total. The van der Waals surface area contributed by atoms with Gasteiger partial charge in [0.1, 0.15) is 0 Å². The van der Waals surface area contributed by atoms with Crippen LogP contribution in [0.3, 0.4) is 0 Å². The smallest absolute Gasteiger partial charge is 0.0885 e. The van der Waals surface area contributed by atoms with Crippen molar-refractivity contribution in [2.45, 2.75) is 6.92 Å². The summed E-state index contributed by atoms with van der Waals surface area (Å²) in [6.45, 7) is 12.6. The zero-order valence-corrected chi connectivity index (χ0v) is 9.06. The molecule has 0 rings (SSSR count). The molecule has 0 aromatic rings. The van der Waals surface area contributed by atoms with Crippen molar-refractivity contribution in [2.75, 3.05) is 0 Å². The molecule has 0 saturated carbocycles. The first-order chi connectivity index (χ1) is 7.29. The van der Waals surface area contributed by atoms with Gasteiger partial charge in [0.2, 0.25) is 0 Å². The third kappa shape index (κ3) is 5.37. The molecule has 0 saturated heterocycles. The van der Waals surface area contributed by atoms with Crippen LogP contribution in [0, 0.1) is 0 Å². The Balaban J connectivity index is 5.18. The molecule has 0 bridgehead atoms. The van der Waals surface area contributed by atoms with E-state index in [9.17, 15) is 0 Å². The quantitative estimate of drug-likeness (QED) is 0.463. The zero-order chi connectivity index (χ0) is 11.5. The van der Waals surface area contributed by atoms with Crippen LogP contribution < -0.4 is 0 Å². The monoisotopic (exact) mass is 200 g/mol. The number of allylic oxidation sites excluding steroid dienone is 5. The molecule has 0 aromatic carbocycles. The second-order valence-corrected chi connectivity index (χ2v) is 2.49. The Kier molecular flexibility index (Phi) is 7.50. The van der Waals surface area contributed by atoms with Crippen LogP contribution in [-0.4, -0.2) is 11.4 Å². The minimum atomic E-state index is 0.725. The van der Waals surface area contributed by atoms with Gasteiger partial charge in [-0.1, -0.05) is 38.0 Å². The zero-order valence-electron chi connectivity index (χ0n) is 9.06. The Labute approximate surface area is 91.5 Å². The van der Waals surface area contributed by atoms with E-state index in [-0.39, 0.29) is 0 Å². The molecule has 0 N–H and O–H groups in total. The molecule has 0 unspecified atom stereocenters. The summed E-state index contributed by atoms with van der Waals surface area (Å²) in [6.07, 6.45) is 12.0. The minimum absolute atomic E-state index is 0.725. The van der Waals surface area contributed by atoms with Crippen LogP contribution >= 0.6 is 0 Å². The molecule has 0 radical (unpaired) electrons. The average molecular weight is 200 g/mol. The van der Waals surface area contributed by atoms with Crippen LogP contribution in [-0.2, 0) is 0 Å². The van der Waals surface area contributed by atoms with Gasteiger partial charge < -0.3 is 0 Å². The highest BCUT2D eigenvalue weighted by Gasteiger charge is 1.99. The fourth-order valence-corrected chi connectivity index (χ4v) is 0.903. The molecule has 0 spiro atoms. The van der Waals surface area contributed by atoms with E-state index in [2.05, 4.69) is 29.7 Å². The van der Waals surface area contributed by atoms with E-state index in [1.54, 1.807) is 12.2 Å². The molecule has 2 heteroatoms. The topological polar surface area (TPSA) is 24.7 Å². The highest BCUT2D eigenvalue weighted by Crippen LogP contribution is 1.94. The molecule has 0 aliphatic carbocycles. The van der Waals surface area contributed by atoms with Gasteiger partial charge in [0.25, 0.3) is 0 Å². The molecule has 0 aromatic heterocycles. The predicted molar refractivity (Wildman–Crippen MR) is 69.4 cm³/mol. The van der Waals surface area contributed by atoms with Crippen LogP contribution in [0.2, 0.25) is 0 Å². The minimum Gasteiger partial charge on any atom is -0.255 e. The third-order valence-corrected chi connectivity index (χ3v) is 1.44. The second-order valence-electron chi connectivity index (χ2n) is 2.49. The molecule has 0 fully saturated rings. The summed E-state index contributed by atoms with van der Waals surface area (Å²) in [4.78, 5) is 8.23. The summed E-state index contributed by atoms with van der Waals surface area (Å²) in [5.41, 5.74) is 1.47. The van der Waals surface area contributed by atoms with Gasteiger partial charge >= 0.3 is 0 Å². The normalized spacial score (nSPS) is 13.4. The average Bonchev–Trinajstić information content (AvgIpc) is 2.24. The Morgan fingerprint density at radius 2 is 1.47 bits per heavy atom. The lowest BCUT2D eigenvalue weighted by atomic mass is 10.2. The van der Waals surface area contributed by atoms with Crippen molar-refractivity contribution < 1.29 is 0 Å². The van der Waals surface area contributed by atoms with Crippen molar-refractivity contribution in [3.05, 3.63) is 62.5 Å². The van der Waals surface area contributed by atoms with Crippen molar-refractivity contribution in [1.29, 1.82) is 0 Å². The van der Waals surface area contributed by atoms with Crippen molar-refractivity contribution in [3.8, 4) is 0 Å². The van der Waals surface area contributed by atoms with Crippen molar-refractivity contribution >= 4 is 11.4 Å². The molecule has 0 heterocycles. The number of hydrogen-bond acceptors (Lipinski definition) is 2. The highest BCUT2D eigenvalue weighted by atomic mass is 14.8. The first kappa shape index (κ1) is 13.0. The van der Waals surface area contributed by atoms with E-state index in [0.717, 1.165) is 11.4 Å². The Bertz CT molecular complexity index is 342. The number of hydrogen-bond donors (Lipinski definition) is 0.